The van der Waals surface area contributed by atoms with Gasteiger partial charge >= 0.3 is 5.97 Å². The van der Waals surface area contributed by atoms with Gasteiger partial charge in [-0.05, 0) is 5.56 Å². The first-order valence-electron chi connectivity index (χ1n) is 9.24. The van der Waals surface area contributed by atoms with E-state index < -0.39 is 41.8 Å². The average Bonchev–Trinajstić information content (AvgIpc) is 2.70. The molecular weight excluding hydrogens is 376 g/mol. The fraction of sp³-hybridized carbons (Fsp3) is 0.450. The first-order valence-corrected chi connectivity index (χ1v) is 9.24. The standard InChI is InChI=1S/C20H24N4O5/c1-12(8-9-21)17(20(28)29-2)24-16(25)11-15-19(27)22-14(18(26)23-15)10-13-6-4-3-5-7-13/h3-7,12,14-15,17H,8,10-11H2,1-2H3,(H,22,27)(H,23,26)(H,24,25)/t12-,14-,15-,17-/m0/s1. The summed E-state index contributed by atoms with van der Waals surface area (Å²) in [5, 5.41) is 16.5. The predicted octanol–water partition coefficient (Wildman–Crippen LogP) is -0.190. The van der Waals surface area contributed by atoms with Gasteiger partial charge in [0.25, 0.3) is 0 Å². The number of hydrogen-bond donors (Lipinski definition) is 3. The number of benzene rings is 1. The predicted molar refractivity (Wildman–Crippen MR) is 102 cm³/mol. The number of rotatable bonds is 8. The monoisotopic (exact) mass is 400 g/mol. The molecule has 1 aromatic carbocycles. The molecule has 4 atom stereocenters. The van der Waals surface area contributed by atoms with Crippen LogP contribution >= 0.6 is 0 Å². The second kappa shape index (κ2) is 10.2. The zero-order chi connectivity index (χ0) is 21.4. The molecule has 0 spiro atoms. The van der Waals surface area contributed by atoms with Gasteiger partial charge in [-0.15, -0.1) is 0 Å². The number of amides is 3. The first kappa shape index (κ1) is 21.9. The van der Waals surface area contributed by atoms with Crippen LogP contribution in [0.2, 0.25) is 0 Å². The number of piperazine rings is 1. The van der Waals surface area contributed by atoms with Gasteiger partial charge < -0.3 is 20.7 Å². The number of nitriles is 1. The third-order valence-corrected chi connectivity index (χ3v) is 4.69. The van der Waals surface area contributed by atoms with E-state index in [1.807, 2.05) is 36.4 Å². The maximum Gasteiger partial charge on any atom is 0.328 e. The molecule has 1 heterocycles. The van der Waals surface area contributed by atoms with E-state index in [2.05, 4.69) is 20.7 Å². The summed E-state index contributed by atoms with van der Waals surface area (Å²) in [5.41, 5.74) is 0.900. The minimum absolute atomic E-state index is 0.0435. The highest BCUT2D eigenvalue weighted by Gasteiger charge is 2.36. The summed E-state index contributed by atoms with van der Waals surface area (Å²) in [6, 6.07) is 8.42. The summed E-state index contributed by atoms with van der Waals surface area (Å²) in [4.78, 5) is 48.9. The highest BCUT2D eigenvalue weighted by molar-refractivity contribution is 5.99. The Bertz CT molecular complexity index is 805. The first-order chi connectivity index (χ1) is 13.8. The maximum absolute atomic E-state index is 12.3. The van der Waals surface area contributed by atoms with Crippen LogP contribution in [0.3, 0.4) is 0 Å². The van der Waals surface area contributed by atoms with Gasteiger partial charge in [0.05, 0.1) is 19.6 Å². The summed E-state index contributed by atoms with van der Waals surface area (Å²) < 4.78 is 4.67. The van der Waals surface area contributed by atoms with Gasteiger partial charge in [-0.3, -0.25) is 14.4 Å². The van der Waals surface area contributed by atoms with Crippen molar-refractivity contribution in [1.82, 2.24) is 16.0 Å². The van der Waals surface area contributed by atoms with E-state index in [1.165, 1.54) is 7.11 Å². The van der Waals surface area contributed by atoms with Crippen molar-refractivity contribution in [2.24, 2.45) is 5.92 Å². The summed E-state index contributed by atoms with van der Waals surface area (Å²) >= 11 is 0. The summed E-state index contributed by atoms with van der Waals surface area (Å²) in [7, 11) is 1.18. The largest absolute Gasteiger partial charge is 0.467 e. The Balaban J connectivity index is 1.95. The summed E-state index contributed by atoms with van der Waals surface area (Å²) in [6.07, 6.45) is 0.0533. The molecule has 0 bridgehead atoms. The lowest BCUT2D eigenvalue weighted by Gasteiger charge is -2.30. The van der Waals surface area contributed by atoms with Crippen LogP contribution in [0, 0.1) is 17.2 Å². The van der Waals surface area contributed by atoms with Crippen LogP contribution in [0.25, 0.3) is 0 Å². The highest BCUT2D eigenvalue weighted by Crippen LogP contribution is 2.11. The van der Waals surface area contributed by atoms with Crippen LogP contribution in [0.15, 0.2) is 30.3 Å². The summed E-state index contributed by atoms with van der Waals surface area (Å²) in [6.45, 7) is 1.63. The number of carbonyl (C=O) groups is 4. The molecule has 0 saturated carbocycles. The van der Waals surface area contributed by atoms with Crippen molar-refractivity contribution in [2.75, 3.05) is 7.11 Å². The van der Waals surface area contributed by atoms with Crippen molar-refractivity contribution >= 4 is 23.7 Å². The normalized spacial score (nSPS) is 20.4. The van der Waals surface area contributed by atoms with Gasteiger partial charge in [0.2, 0.25) is 17.7 Å². The van der Waals surface area contributed by atoms with Gasteiger partial charge in [0.15, 0.2) is 0 Å². The molecular formula is C20H24N4O5. The van der Waals surface area contributed by atoms with Crippen LogP contribution in [-0.2, 0) is 30.3 Å². The third kappa shape index (κ3) is 6.04. The average molecular weight is 400 g/mol. The zero-order valence-corrected chi connectivity index (χ0v) is 16.3. The number of carbonyl (C=O) groups excluding carboxylic acids is 4. The highest BCUT2D eigenvalue weighted by atomic mass is 16.5. The SMILES string of the molecule is COC(=O)[C@@H](NC(=O)C[C@@H]1NC(=O)[C@H](Cc2ccccc2)NC1=O)[C@@H](C)CC#N. The Kier molecular flexibility index (Phi) is 7.71. The number of esters is 1. The Morgan fingerprint density at radius 1 is 1.17 bits per heavy atom. The fourth-order valence-corrected chi connectivity index (χ4v) is 3.05. The third-order valence-electron chi connectivity index (χ3n) is 4.69. The number of ether oxygens (including phenoxy) is 1. The van der Waals surface area contributed by atoms with Crippen molar-refractivity contribution in [2.45, 2.75) is 44.3 Å². The minimum atomic E-state index is -1.04. The lowest BCUT2D eigenvalue weighted by molar-refractivity contribution is -0.147. The molecule has 154 valence electrons. The van der Waals surface area contributed by atoms with E-state index in [4.69, 9.17) is 5.26 Å². The van der Waals surface area contributed by atoms with Crippen LogP contribution in [0.5, 0.6) is 0 Å². The molecule has 29 heavy (non-hydrogen) atoms. The van der Waals surface area contributed by atoms with Crippen LogP contribution in [0.1, 0.15) is 25.3 Å². The molecule has 1 saturated heterocycles. The second-order valence-electron chi connectivity index (χ2n) is 6.92. The number of hydrogen-bond acceptors (Lipinski definition) is 6. The van der Waals surface area contributed by atoms with E-state index in [0.29, 0.717) is 6.42 Å². The van der Waals surface area contributed by atoms with Crippen molar-refractivity contribution in [3.63, 3.8) is 0 Å². The van der Waals surface area contributed by atoms with Crippen molar-refractivity contribution < 1.29 is 23.9 Å². The van der Waals surface area contributed by atoms with Crippen molar-refractivity contribution in [3.8, 4) is 6.07 Å². The van der Waals surface area contributed by atoms with Crippen molar-refractivity contribution in [3.05, 3.63) is 35.9 Å². The molecule has 0 radical (unpaired) electrons. The Morgan fingerprint density at radius 2 is 1.79 bits per heavy atom. The van der Waals surface area contributed by atoms with Gasteiger partial charge in [0, 0.05) is 18.8 Å². The zero-order valence-electron chi connectivity index (χ0n) is 16.3. The molecule has 0 unspecified atom stereocenters. The van der Waals surface area contributed by atoms with Gasteiger partial charge in [-0.25, -0.2) is 4.79 Å². The van der Waals surface area contributed by atoms with E-state index in [9.17, 15) is 19.2 Å². The Hall–Kier alpha value is -3.41. The van der Waals surface area contributed by atoms with Crippen LogP contribution in [-0.4, -0.2) is 48.9 Å². The fourth-order valence-electron chi connectivity index (χ4n) is 3.05. The lowest BCUT2D eigenvalue weighted by atomic mass is 9.98. The quantitative estimate of drug-likeness (QED) is 0.517. The second-order valence-corrected chi connectivity index (χ2v) is 6.92. The van der Waals surface area contributed by atoms with Gasteiger partial charge in [0.1, 0.15) is 18.1 Å². The van der Waals surface area contributed by atoms with E-state index in [0.717, 1.165) is 5.56 Å². The smallest absolute Gasteiger partial charge is 0.328 e. The molecule has 0 aromatic heterocycles. The van der Waals surface area contributed by atoms with E-state index in [1.54, 1.807) is 6.92 Å². The van der Waals surface area contributed by atoms with E-state index in [-0.39, 0.29) is 18.7 Å². The molecule has 1 aliphatic heterocycles. The number of nitrogens with one attached hydrogen (secondary N) is 3. The van der Waals surface area contributed by atoms with Gasteiger partial charge in [-0.2, -0.15) is 5.26 Å². The lowest BCUT2D eigenvalue weighted by Crippen LogP contribution is -2.63. The molecule has 2 rings (SSSR count). The molecule has 9 nitrogen and oxygen atoms in total. The molecule has 1 aliphatic rings. The Labute approximate surface area is 168 Å². The minimum Gasteiger partial charge on any atom is -0.467 e. The summed E-state index contributed by atoms with van der Waals surface area (Å²) in [5.74, 6) is -2.61. The molecule has 3 amide bonds. The van der Waals surface area contributed by atoms with Crippen LogP contribution < -0.4 is 16.0 Å². The molecule has 0 aliphatic carbocycles. The van der Waals surface area contributed by atoms with E-state index >= 15 is 0 Å². The topological polar surface area (TPSA) is 137 Å². The Morgan fingerprint density at radius 3 is 2.41 bits per heavy atom. The number of nitrogens with zero attached hydrogens (tertiary/aromatic N) is 1. The molecule has 3 N–H and O–H groups in total. The molecule has 9 heteroatoms. The molecule has 1 fully saturated rings. The number of methoxy groups -OCH3 is 1. The van der Waals surface area contributed by atoms with Gasteiger partial charge in [-0.1, -0.05) is 37.3 Å². The molecule has 1 aromatic rings. The maximum atomic E-state index is 12.3. The van der Waals surface area contributed by atoms with Crippen molar-refractivity contribution in [1.29, 1.82) is 5.26 Å². The van der Waals surface area contributed by atoms with Crippen LogP contribution in [0.4, 0.5) is 0 Å².